The van der Waals surface area contributed by atoms with Crippen LogP contribution >= 0.6 is 0 Å². The van der Waals surface area contributed by atoms with E-state index in [9.17, 15) is 9.59 Å². The Morgan fingerprint density at radius 1 is 1.06 bits per heavy atom. The van der Waals surface area contributed by atoms with Crippen molar-refractivity contribution in [2.75, 3.05) is 57.5 Å². The highest BCUT2D eigenvalue weighted by atomic mass is 17.1. The molecule has 2 saturated heterocycles. The summed E-state index contributed by atoms with van der Waals surface area (Å²) in [5.74, 6) is 0.472. The number of amides is 1. The third kappa shape index (κ3) is 6.25. The van der Waals surface area contributed by atoms with Crippen LogP contribution in [0.4, 0.5) is 5.88 Å². The Bertz CT molecular complexity index is 1130. The van der Waals surface area contributed by atoms with Crippen molar-refractivity contribution in [2.24, 2.45) is 0 Å². The van der Waals surface area contributed by atoms with E-state index in [4.69, 9.17) is 19.1 Å². The molecule has 2 aromatic rings. The molecule has 2 N–H and O–H groups in total. The van der Waals surface area contributed by atoms with Crippen LogP contribution in [-0.4, -0.2) is 74.3 Å². The van der Waals surface area contributed by atoms with E-state index in [-0.39, 0.29) is 17.4 Å². The van der Waals surface area contributed by atoms with Crippen LogP contribution < -0.4 is 15.6 Å². The maximum atomic E-state index is 13.1. The predicted molar refractivity (Wildman–Crippen MR) is 135 cm³/mol. The molecule has 2 fully saturated rings. The van der Waals surface area contributed by atoms with Crippen LogP contribution in [0.1, 0.15) is 49.2 Å². The van der Waals surface area contributed by atoms with Crippen molar-refractivity contribution in [2.45, 2.75) is 38.8 Å². The fourth-order valence-electron chi connectivity index (χ4n) is 4.22. The standard InChI is InChI=1S/C22H25N3O5.C4H10O2/c26-19-14-20(24-4-8-28-9-5-24)30-21-16(18-2-1-3-23-18)12-15(13-17(19)21)22(27)25-6-10-29-11-7-25;1-4(2,3)6-5/h1,3,12-14,18,23H,2,4-11H2;5H,1-3H3. The number of hydrogen-bond donors (Lipinski definition) is 2. The van der Waals surface area contributed by atoms with Gasteiger partial charge in [0.2, 0.25) is 0 Å². The van der Waals surface area contributed by atoms with E-state index >= 15 is 0 Å². The van der Waals surface area contributed by atoms with Gasteiger partial charge in [-0.2, -0.15) is 0 Å². The molecule has 1 unspecified atom stereocenters. The first-order chi connectivity index (χ1) is 17.3. The van der Waals surface area contributed by atoms with E-state index in [1.165, 1.54) is 6.07 Å². The zero-order valence-corrected chi connectivity index (χ0v) is 21.1. The fraction of sp³-hybridized carbons (Fsp3) is 0.538. The SMILES string of the molecule is CC(C)(C)OO.O=C(c1cc(C2CC=CN2)c2oc(N3CCOCC3)cc(=O)c2c1)N1CCOCC1. The maximum Gasteiger partial charge on any atom is 0.254 e. The Balaban J connectivity index is 0.000000455. The highest BCUT2D eigenvalue weighted by Gasteiger charge is 2.25. The number of ether oxygens (including phenoxy) is 2. The number of anilines is 1. The monoisotopic (exact) mass is 501 g/mol. The first-order valence-corrected chi connectivity index (χ1v) is 12.3. The molecular weight excluding hydrogens is 466 g/mol. The maximum absolute atomic E-state index is 13.1. The van der Waals surface area contributed by atoms with Crippen molar-refractivity contribution in [3.05, 3.63) is 51.8 Å². The van der Waals surface area contributed by atoms with Gasteiger partial charge in [0.15, 0.2) is 11.3 Å². The van der Waals surface area contributed by atoms with Crippen LogP contribution in [0, 0.1) is 0 Å². The zero-order valence-electron chi connectivity index (χ0n) is 21.1. The lowest BCUT2D eigenvalue weighted by atomic mass is 9.98. The lowest BCUT2D eigenvalue weighted by Crippen LogP contribution is -2.40. The molecule has 3 aliphatic rings. The van der Waals surface area contributed by atoms with Gasteiger partial charge in [-0.15, -0.1) is 0 Å². The van der Waals surface area contributed by atoms with Crippen LogP contribution in [0.25, 0.3) is 11.0 Å². The molecule has 1 atom stereocenters. The van der Waals surface area contributed by atoms with Gasteiger partial charge < -0.3 is 29.0 Å². The minimum atomic E-state index is -0.403. The van der Waals surface area contributed by atoms with E-state index in [1.54, 1.807) is 31.7 Å². The molecule has 0 aliphatic carbocycles. The number of nitrogens with zero attached hydrogens (tertiary/aromatic N) is 2. The zero-order chi connectivity index (χ0) is 25.7. The van der Waals surface area contributed by atoms with Crippen molar-refractivity contribution in [1.82, 2.24) is 10.2 Å². The molecule has 1 amide bonds. The molecule has 36 heavy (non-hydrogen) atoms. The normalized spacial score (nSPS) is 20.2. The van der Waals surface area contributed by atoms with Gasteiger partial charge in [-0.25, -0.2) is 4.89 Å². The van der Waals surface area contributed by atoms with Crippen molar-refractivity contribution >= 4 is 22.8 Å². The summed E-state index contributed by atoms with van der Waals surface area (Å²) in [6.07, 6.45) is 4.71. The largest absolute Gasteiger partial charge is 0.440 e. The van der Waals surface area contributed by atoms with Gasteiger partial charge in [0.1, 0.15) is 5.58 Å². The Kier molecular flexibility index (Phi) is 8.30. The molecule has 1 aromatic heterocycles. The molecule has 0 radical (unpaired) electrons. The molecular formula is C26H35N3O7. The lowest BCUT2D eigenvalue weighted by molar-refractivity contribution is -0.306. The molecule has 196 valence electrons. The molecule has 0 spiro atoms. The minimum Gasteiger partial charge on any atom is -0.440 e. The summed E-state index contributed by atoms with van der Waals surface area (Å²) in [5, 5.41) is 11.7. The minimum absolute atomic E-state index is 0.0342. The van der Waals surface area contributed by atoms with E-state index in [0.717, 1.165) is 12.0 Å². The number of morpholine rings is 2. The second-order valence-electron chi connectivity index (χ2n) is 9.96. The van der Waals surface area contributed by atoms with Gasteiger partial charge in [-0.05, 0) is 45.5 Å². The first-order valence-electron chi connectivity index (χ1n) is 12.3. The van der Waals surface area contributed by atoms with Crippen molar-refractivity contribution < 1.29 is 28.8 Å². The van der Waals surface area contributed by atoms with Crippen LogP contribution in [0.2, 0.25) is 0 Å². The number of fused-ring (bicyclic) bond motifs is 1. The van der Waals surface area contributed by atoms with E-state index < -0.39 is 5.60 Å². The first kappa shape index (κ1) is 26.2. The van der Waals surface area contributed by atoms with E-state index in [0.29, 0.717) is 75.0 Å². The number of benzene rings is 1. The Hall–Kier alpha value is -2.92. The summed E-state index contributed by atoms with van der Waals surface area (Å²) in [6, 6.07) is 5.04. The average Bonchev–Trinajstić information content (AvgIpc) is 3.44. The van der Waals surface area contributed by atoms with Crippen LogP contribution in [0.15, 0.2) is 39.7 Å². The van der Waals surface area contributed by atoms with E-state index in [1.807, 2.05) is 23.2 Å². The predicted octanol–water partition coefficient (Wildman–Crippen LogP) is 2.92. The summed E-state index contributed by atoms with van der Waals surface area (Å²) >= 11 is 0. The summed E-state index contributed by atoms with van der Waals surface area (Å²) in [6.45, 7) is 10.1. The van der Waals surface area contributed by atoms with Gasteiger partial charge in [-0.1, -0.05) is 6.08 Å². The van der Waals surface area contributed by atoms with Crippen molar-refractivity contribution in [3.8, 4) is 0 Å². The third-order valence-corrected chi connectivity index (χ3v) is 6.15. The summed E-state index contributed by atoms with van der Waals surface area (Å²) in [4.78, 5) is 33.9. The van der Waals surface area contributed by atoms with Crippen molar-refractivity contribution in [1.29, 1.82) is 0 Å². The fourth-order valence-corrected chi connectivity index (χ4v) is 4.22. The number of hydrogen-bond acceptors (Lipinski definition) is 9. The quantitative estimate of drug-likeness (QED) is 0.484. The van der Waals surface area contributed by atoms with Crippen molar-refractivity contribution in [3.63, 3.8) is 0 Å². The van der Waals surface area contributed by atoms with Gasteiger partial charge in [0.25, 0.3) is 5.91 Å². The lowest BCUT2D eigenvalue weighted by Gasteiger charge is -2.28. The molecule has 0 saturated carbocycles. The average molecular weight is 502 g/mol. The number of rotatable bonds is 3. The number of carbonyl (C=O) groups is 1. The Labute approximate surface area is 210 Å². The molecule has 5 rings (SSSR count). The second-order valence-corrected chi connectivity index (χ2v) is 9.96. The van der Waals surface area contributed by atoms with Crippen LogP contribution in [-0.2, 0) is 14.4 Å². The number of nitrogens with one attached hydrogen (secondary N) is 1. The molecule has 1 aromatic carbocycles. The molecule has 10 nitrogen and oxygen atoms in total. The highest BCUT2D eigenvalue weighted by molar-refractivity contribution is 5.99. The highest BCUT2D eigenvalue weighted by Crippen LogP contribution is 2.32. The van der Waals surface area contributed by atoms with Gasteiger partial charge in [-0.3, -0.25) is 14.8 Å². The molecule has 4 heterocycles. The van der Waals surface area contributed by atoms with Gasteiger partial charge >= 0.3 is 0 Å². The van der Waals surface area contributed by atoms with Crippen LogP contribution in [0.3, 0.4) is 0 Å². The summed E-state index contributed by atoms with van der Waals surface area (Å²) in [7, 11) is 0. The Morgan fingerprint density at radius 3 is 2.28 bits per heavy atom. The molecule has 3 aliphatic heterocycles. The van der Waals surface area contributed by atoms with Gasteiger partial charge in [0, 0.05) is 43.4 Å². The smallest absolute Gasteiger partial charge is 0.254 e. The molecule has 10 heteroatoms. The second kappa shape index (κ2) is 11.4. The summed E-state index contributed by atoms with van der Waals surface area (Å²) < 4.78 is 17.0. The third-order valence-electron chi connectivity index (χ3n) is 6.15. The van der Waals surface area contributed by atoms with Crippen LogP contribution in [0.5, 0.6) is 0 Å². The van der Waals surface area contributed by atoms with Gasteiger partial charge in [0.05, 0.1) is 43.5 Å². The number of carbonyl (C=O) groups excluding carboxylic acids is 1. The topological polar surface area (TPSA) is 114 Å². The van der Waals surface area contributed by atoms with E-state index in [2.05, 4.69) is 10.2 Å². The Morgan fingerprint density at radius 2 is 1.69 bits per heavy atom. The summed E-state index contributed by atoms with van der Waals surface area (Å²) in [5.41, 5.74) is 1.35. The molecule has 0 bridgehead atoms.